The van der Waals surface area contributed by atoms with E-state index in [-0.39, 0.29) is 11.6 Å². The zero-order chi connectivity index (χ0) is 33.6. The largest absolute Gasteiger partial charge is 0.478 e. The van der Waals surface area contributed by atoms with Gasteiger partial charge in [0, 0.05) is 58.5 Å². The molecular formula is C42H37N5O3. The highest BCUT2D eigenvalue weighted by molar-refractivity contribution is 6.07. The number of fused-ring (bicyclic) bond motifs is 3. The van der Waals surface area contributed by atoms with Crippen molar-refractivity contribution in [3.63, 3.8) is 0 Å². The number of carbonyl (C=O) groups is 1. The summed E-state index contributed by atoms with van der Waals surface area (Å²) in [6, 6.07) is 33.1. The van der Waals surface area contributed by atoms with Gasteiger partial charge in [-0.3, -0.25) is 4.98 Å². The summed E-state index contributed by atoms with van der Waals surface area (Å²) in [5.74, 6) is -0.104. The molecule has 0 spiro atoms. The van der Waals surface area contributed by atoms with Crippen LogP contribution in [-0.4, -0.2) is 56.9 Å². The van der Waals surface area contributed by atoms with E-state index in [4.69, 9.17) is 14.7 Å². The summed E-state index contributed by atoms with van der Waals surface area (Å²) in [6.07, 6.45) is 7.47. The van der Waals surface area contributed by atoms with Gasteiger partial charge in [0.15, 0.2) is 0 Å². The van der Waals surface area contributed by atoms with Crippen LogP contribution in [0.5, 0.6) is 0 Å². The van der Waals surface area contributed by atoms with E-state index in [1.807, 2.05) is 36.4 Å². The van der Waals surface area contributed by atoms with Crippen LogP contribution in [0, 0.1) is 0 Å². The number of aromatic carboxylic acids is 1. The second kappa shape index (κ2) is 12.7. The number of hydrogen-bond donors (Lipinski definition) is 1. The van der Waals surface area contributed by atoms with Gasteiger partial charge in [0.05, 0.1) is 46.5 Å². The Balaban J connectivity index is 1.15. The number of ether oxygens (including phenoxy) is 1. The third-order valence-electron chi connectivity index (χ3n) is 10.4. The van der Waals surface area contributed by atoms with E-state index < -0.39 is 5.97 Å². The smallest absolute Gasteiger partial charge is 0.336 e. The quantitative estimate of drug-likeness (QED) is 0.190. The van der Waals surface area contributed by atoms with Crippen LogP contribution in [0.4, 0.5) is 5.69 Å². The average molecular weight is 660 g/mol. The Morgan fingerprint density at radius 2 is 1.48 bits per heavy atom. The third-order valence-corrected chi connectivity index (χ3v) is 10.4. The van der Waals surface area contributed by atoms with Crippen molar-refractivity contribution in [2.45, 2.75) is 38.1 Å². The summed E-state index contributed by atoms with van der Waals surface area (Å²) in [6.45, 7) is 3.35. The molecule has 50 heavy (non-hydrogen) atoms. The number of nitrogens with zero attached hydrogens (tertiary/aromatic N) is 5. The van der Waals surface area contributed by atoms with Gasteiger partial charge in [0.1, 0.15) is 5.82 Å². The van der Waals surface area contributed by atoms with E-state index in [9.17, 15) is 9.90 Å². The maximum absolute atomic E-state index is 12.7. The SMILES string of the molecule is O=C(O)c1ccc2c(nc(-c3ccc4nc(-c5ccc(N6CCOCC6)cc5)ccc4c3)n2C2CCCCC2)c1-c1ccc2ncccc2c1. The van der Waals surface area contributed by atoms with Crippen molar-refractivity contribution in [2.75, 3.05) is 31.2 Å². The lowest BCUT2D eigenvalue weighted by Crippen LogP contribution is -2.36. The van der Waals surface area contributed by atoms with Crippen molar-refractivity contribution in [3.8, 4) is 33.8 Å². The van der Waals surface area contributed by atoms with E-state index in [1.165, 1.54) is 24.9 Å². The summed E-state index contributed by atoms with van der Waals surface area (Å²) >= 11 is 0. The molecule has 8 nitrogen and oxygen atoms in total. The Morgan fingerprint density at radius 1 is 0.740 bits per heavy atom. The lowest BCUT2D eigenvalue weighted by molar-refractivity contribution is 0.0698. The number of hydrogen-bond acceptors (Lipinski definition) is 6. The van der Waals surface area contributed by atoms with Gasteiger partial charge in [0.25, 0.3) is 0 Å². The summed E-state index contributed by atoms with van der Waals surface area (Å²) in [7, 11) is 0. The van der Waals surface area contributed by atoms with Gasteiger partial charge in [-0.05, 0) is 85.1 Å². The summed E-state index contributed by atoms with van der Waals surface area (Å²) in [5.41, 5.74) is 9.39. The highest BCUT2D eigenvalue weighted by atomic mass is 16.5. The Hall–Kier alpha value is -5.60. The van der Waals surface area contributed by atoms with Gasteiger partial charge >= 0.3 is 5.97 Å². The van der Waals surface area contributed by atoms with Crippen molar-refractivity contribution in [1.29, 1.82) is 0 Å². The first kappa shape index (κ1) is 30.5. The van der Waals surface area contributed by atoms with Crippen LogP contribution in [0.3, 0.4) is 0 Å². The molecule has 248 valence electrons. The zero-order valence-electron chi connectivity index (χ0n) is 27.8. The molecule has 1 saturated carbocycles. The van der Waals surface area contributed by atoms with E-state index in [0.29, 0.717) is 11.1 Å². The van der Waals surface area contributed by atoms with E-state index >= 15 is 0 Å². The molecule has 1 aliphatic heterocycles. The Bertz CT molecular complexity index is 2390. The van der Waals surface area contributed by atoms with Crippen molar-refractivity contribution in [2.24, 2.45) is 0 Å². The molecule has 9 rings (SSSR count). The summed E-state index contributed by atoms with van der Waals surface area (Å²) in [4.78, 5) is 29.9. The Morgan fingerprint density at radius 3 is 2.30 bits per heavy atom. The molecule has 0 unspecified atom stereocenters. The highest BCUT2D eigenvalue weighted by Crippen LogP contribution is 2.41. The van der Waals surface area contributed by atoms with Crippen LogP contribution in [0.15, 0.2) is 103 Å². The number of imidazole rings is 1. The second-order valence-electron chi connectivity index (χ2n) is 13.4. The summed E-state index contributed by atoms with van der Waals surface area (Å²) < 4.78 is 7.89. The standard InChI is InChI=1S/C42H37N5O3/c48-42(49)34-15-19-38-40(39(34)30-11-16-35-28(25-30)5-4-20-43-35)45-41(47(38)33-6-2-1-3-7-33)31-12-18-37-29(26-31)10-17-36(44-37)27-8-13-32(14-9-27)46-21-23-50-24-22-46/h4-5,8-20,25-26,33H,1-3,6-7,21-24H2,(H,48,49). The number of aromatic nitrogens is 4. The van der Waals surface area contributed by atoms with Crippen molar-refractivity contribution >= 4 is 44.5 Å². The normalized spacial score (nSPS) is 15.6. The first-order chi connectivity index (χ1) is 24.6. The topological polar surface area (TPSA) is 93.4 Å². The zero-order valence-corrected chi connectivity index (χ0v) is 27.8. The second-order valence-corrected chi connectivity index (χ2v) is 13.4. The molecule has 2 fully saturated rings. The van der Waals surface area contributed by atoms with Gasteiger partial charge in [-0.25, -0.2) is 14.8 Å². The molecule has 7 aromatic rings. The fraction of sp³-hybridized carbons (Fsp3) is 0.238. The maximum Gasteiger partial charge on any atom is 0.336 e. The van der Waals surface area contributed by atoms with Crippen molar-refractivity contribution in [1.82, 2.24) is 19.5 Å². The number of benzene rings is 4. The number of pyridine rings is 2. The first-order valence-corrected chi connectivity index (χ1v) is 17.6. The number of carboxylic acids is 1. The van der Waals surface area contributed by atoms with E-state index in [2.05, 4.69) is 69.0 Å². The summed E-state index contributed by atoms with van der Waals surface area (Å²) in [5, 5.41) is 12.4. The van der Waals surface area contributed by atoms with Crippen molar-refractivity contribution < 1.29 is 14.6 Å². The molecule has 0 amide bonds. The van der Waals surface area contributed by atoms with Crippen LogP contribution in [0.25, 0.3) is 66.6 Å². The van der Waals surface area contributed by atoms with Crippen LogP contribution >= 0.6 is 0 Å². The molecule has 1 N–H and O–H groups in total. The fourth-order valence-corrected chi connectivity index (χ4v) is 7.87. The number of carboxylic acid groups (broad SMARTS) is 1. The monoisotopic (exact) mass is 659 g/mol. The van der Waals surface area contributed by atoms with Gasteiger partial charge in [0.2, 0.25) is 0 Å². The van der Waals surface area contributed by atoms with Gasteiger partial charge in [-0.2, -0.15) is 0 Å². The molecule has 1 aliphatic carbocycles. The fourth-order valence-electron chi connectivity index (χ4n) is 7.87. The van der Waals surface area contributed by atoms with Crippen molar-refractivity contribution in [3.05, 3.63) is 109 Å². The van der Waals surface area contributed by atoms with Crippen LogP contribution < -0.4 is 4.90 Å². The molecule has 2 aliphatic rings. The van der Waals surface area contributed by atoms with E-state index in [0.717, 1.165) is 94.7 Å². The van der Waals surface area contributed by atoms with Gasteiger partial charge in [-0.15, -0.1) is 0 Å². The predicted molar refractivity (Wildman–Crippen MR) is 199 cm³/mol. The maximum atomic E-state index is 12.7. The van der Waals surface area contributed by atoms with Crippen LogP contribution in [0.1, 0.15) is 48.5 Å². The Kier molecular flexibility index (Phi) is 7.73. The molecule has 1 saturated heterocycles. The molecule has 4 heterocycles. The minimum absolute atomic E-state index is 0.244. The molecule has 0 radical (unpaired) electrons. The van der Waals surface area contributed by atoms with Gasteiger partial charge in [-0.1, -0.05) is 49.6 Å². The Labute approximate surface area is 290 Å². The number of anilines is 1. The molecule has 0 bridgehead atoms. The molecule has 0 atom stereocenters. The molecule has 3 aromatic heterocycles. The molecular weight excluding hydrogens is 622 g/mol. The minimum atomic E-state index is -0.967. The number of morpholine rings is 1. The third kappa shape index (κ3) is 5.46. The highest BCUT2D eigenvalue weighted by Gasteiger charge is 2.26. The predicted octanol–water partition coefficient (Wildman–Crippen LogP) is 9.17. The lowest BCUT2D eigenvalue weighted by atomic mass is 9.94. The van der Waals surface area contributed by atoms with Crippen LogP contribution in [-0.2, 0) is 4.74 Å². The first-order valence-electron chi connectivity index (χ1n) is 17.6. The number of rotatable bonds is 6. The average Bonchev–Trinajstić information content (AvgIpc) is 3.57. The molecule has 8 heteroatoms. The minimum Gasteiger partial charge on any atom is -0.478 e. The van der Waals surface area contributed by atoms with Gasteiger partial charge < -0.3 is 19.3 Å². The molecule has 4 aromatic carbocycles. The lowest BCUT2D eigenvalue weighted by Gasteiger charge is -2.28. The van der Waals surface area contributed by atoms with Crippen LogP contribution in [0.2, 0.25) is 0 Å². The van der Waals surface area contributed by atoms with E-state index in [1.54, 1.807) is 12.3 Å².